The van der Waals surface area contributed by atoms with E-state index in [1.54, 1.807) is 12.3 Å². The SMILES string of the molecule is Cc1ccoc1-c1noc(-c2ccncc2O)n1. The number of aromatic hydroxyl groups is 1. The molecule has 3 rings (SSSR count). The Bertz CT molecular complexity index is 687. The van der Waals surface area contributed by atoms with Crippen LogP contribution >= 0.6 is 0 Å². The van der Waals surface area contributed by atoms with Crippen LogP contribution in [0.3, 0.4) is 0 Å². The highest BCUT2D eigenvalue weighted by Gasteiger charge is 2.16. The standard InChI is InChI=1S/C12H9N3O3/c1-7-3-5-17-10(7)11-14-12(18-15-11)8-2-4-13-6-9(8)16/h2-6,16H,1H3. The molecule has 6 heteroatoms. The highest BCUT2D eigenvalue weighted by atomic mass is 16.5. The van der Waals surface area contributed by atoms with Gasteiger partial charge in [-0.3, -0.25) is 4.98 Å². The number of aromatic nitrogens is 3. The third-order valence-electron chi connectivity index (χ3n) is 2.52. The maximum atomic E-state index is 9.64. The second kappa shape index (κ2) is 3.99. The molecule has 3 aromatic rings. The van der Waals surface area contributed by atoms with Gasteiger partial charge in [-0.25, -0.2) is 0 Å². The van der Waals surface area contributed by atoms with E-state index >= 15 is 0 Å². The molecule has 0 radical (unpaired) electrons. The summed E-state index contributed by atoms with van der Waals surface area (Å²) in [4.78, 5) is 7.97. The lowest BCUT2D eigenvalue weighted by molar-refractivity contribution is 0.423. The second-order valence-corrected chi connectivity index (χ2v) is 3.75. The summed E-state index contributed by atoms with van der Waals surface area (Å²) in [5.74, 6) is 1.12. The molecule has 0 aliphatic rings. The Morgan fingerprint density at radius 3 is 2.89 bits per heavy atom. The fourth-order valence-corrected chi connectivity index (χ4v) is 1.59. The van der Waals surface area contributed by atoms with Crippen LogP contribution in [0, 0.1) is 6.92 Å². The molecule has 0 saturated heterocycles. The van der Waals surface area contributed by atoms with E-state index in [4.69, 9.17) is 8.94 Å². The smallest absolute Gasteiger partial charge is 0.262 e. The van der Waals surface area contributed by atoms with Crippen LogP contribution in [0.4, 0.5) is 0 Å². The topological polar surface area (TPSA) is 85.2 Å². The van der Waals surface area contributed by atoms with Crippen LogP contribution in [0.1, 0.15) is 5.56 Å². The Kier molecular flexibility index (Phi) is 2.33. The molecule has 1 N–H and O–H groups in total. The van der Waals surface area contributed by atoms with Crippen molar-refractivity contribution in [2.45, 2.75) is 6.92 Å². The van der Waals surface area contributed by atoms with Gasteiger partial charge in [0.15, 0.2) is 5.76 Å². The van der Waals surface area contributed by atoms with Crippen LogP contribution in [-0.4, -0.2) is 20.2 Å². The summed E-state index contributed by atoms with van der Waals surface area (Å²) >= 11 is 0. The normalized spacial score (nSPS) is 10.7. The summed E-state index contributed by atoms with van der Waals surface area (Å²) in [7, 11) is 0. The molecular formula is C12H9N3O3. The molecule has 0 atom stereocenters. The first-order valence-corrected chi connectivity index (χ1v) is 5.27. The number of pyridine rings is 1. The van der Waals surface area contributed by atoms with Crippen molar-refractivity contribution in [1.82, 2.24) is 15.1 Å². The van der Waals surface area contributed by atoms with E-state index in [-0.39, 0.29) is 11.6 Å². The van der Waals surface area contributed by atoms with Crippen molar-refractivity contribution in [3.63, 3.8) is 0 Å². The predicted octanol–water partition coefficient (Wildman–Crippen LogP) is 2.41. The van der Waals surface area contributed by atoms with Crippen LogP contribution in [0.15, 0.2) is 39.7 Å². The highest BCUT2D eigenvalue weighted by Crippen LogP contribution is 2.29. The summed E-state index contributed by atoms with van der Waals surface area (Å²) in [5.41, 5.74) is 1.36. The first kappa shape index (κ1) is 10.5. The second-order valence-electron chi connectivity index (χ2n) is 3.75. The Balaban J connectivity index is 2.05. The number of hydrogen-bond acceptors (Lipinski definition) is 6. The predicted molar refractivity (Wildman–Crippen MR) is 61.6 cm³/mol. The lowest BCUT2D eigenvalue weighted by atomic mass is 10.2. The van der Waals surface area contributed by atoms with Crippen molar-refractivity contribution in [3.05, 3.63) is 36.4 Å². The summed E-state index contributed by atoms with van der Waals surface area (Å²) < 4.78 is 10.4. The Morgan fingerprint density at radius 2 is 2.17 bits per heavy atom. The van der Waals surface area contributed by atoms with Gasteiger partial charge in [0.2, 0.25) is 5.82 Å². The molecule has 6 nitrogen and oxygen atoms in total. The first-order valence-electron chi connectivity index (χ1n) is 5.27. The van der Waals surface area contributed by atoms with Gasteiger partial charge < -0.3 is 14.0 Å². The van der Waals surface area contributed by atoms with Gasteiger partial charge in [-0.15, -0.1) is 0 Å². The molecule has 0 bridgehead atoms. The third-order valence-corrected chi connectivity index (χ3v) is 2.52. The van der Waals surface area contributed by atoms with E-state index < -0.39 is 0 Å². The van der Waals surface area contributed by atoms with Gasteiger partial charge in [-0.1, -0.05) is 5.16 Å². The number of nitrogens with zero attached hydrogens (tertiary/aromatic N) is 3. The molecule has 0 unspecified atom stereocenters. The molecule has 90 valence electrons. The van der Waals surface area contributed by atoms with E-state index in [2.05, 4.69) is 15.1 Å². The lowest BCUT2D eigenvalue weighted by Crippen LogP contribution is -1.82. The van der Waals surface area contributed by atoms with Gasteiger partial charge in [0.25, 0.3) is 5.89 Å². The zero-order valence-corrected chi connectivity index (χ0v) is 9.49. The van der Waals surface area contributed by atoms with Gasteiger partial charge in [0, 0.05) is 6.20 Å². The van der Waals surface area contributed by atoms with Crippen molar-refractivity contribution in [3.8, 4) is 28.8 Å². The van der Waals surface area contributed by atoms with Crippen LogP contribution in [0.25, 0.3) is 23.0 Å². The fourth-order valence-electron chi connectivity index (χ4n) is 1.59. The molecule has 3 heterocycles. The first-order chi connectivity index (χ1) is 8.75. The van der Waals surface area contributed by atoms with E-state index in [1.807, 2.05) is 13.0 Å². The molecule has 18 heavy (non-hydrogen) atoms. The van der Waals surface area contributed by atoms with Crippen molar-refractivity contribution >= 4 is 0 Å². The lowest BCUT2D eigenvalue weighted by Gasteiger charge is -1.95. The Morgan fingerprint density at radius 1 is 1.28 bits per heavy atom. The van der Waals surface area contributed by atoms with Crippen LogP contribution in [-0.2, 0) is 0 Å². The van der Waals surface area contributed by atoms with E-state index in [0.29, 0.717) is 17.1 Å². The maximum absolute atomic E-state index is 9.64. The van der Waals surface area contributed by atoms with Gasteiger partial charge in [0.1, 0.15) is 5.75 Å². The van der Waals surface area contributed by atoms with Crippen molar-refractivity contribution in [2.24, 2.45) is 0 Å². The van der Waals surface area contributed by atoms with Crippen LogP contribution < -0.4 is 0 Å². The quantitative estimate of drug-likeness (QED) is 0.743. The molecular weight excluding hydrogens is 234 g/mol. The minimum absolute atomic E-state index is 0.0103. The molecule has 0 fully saturated rings. The summed E-state index contributed by atoms with van der Waals surface area (Å²) in [6.07, 6.45) is 4.42. The number of rotatable bonds is 2. The minimum Gasteiger partial charge on any atom is -0.505 e. The van der Waals surface area contributed by atoms with Gasteiger partial charge in [-0.05, 0) is 24.6 Å². The summed E-state index contributed by atoms with van der Waals surface area (Å²) in [5, 5.41) is 13.5. The van der Waals surface area contributed by atoms with Crippen LogP contribution in [0.5, 0.6) is 5.75 Å². The Labute approximate surface area is 102 Å². The number of aryl methyl sites for hydroxylation is 1. The fraction of sp³-hybridized carbons (Fsp3) is 0.0833. The molecule has 0 aromatic carbocycles. The van der Waals surface area contributed by atoms with Gasteiger partial charge in [0.05, 0.1) is 18.0 Å². The molecule has 0 aliphatic carbocycles. The monoisotopic (exact) mass is 243 g/mol. The largest absolute Gasteiger partial charge is 0.505 e. The number of furan rings is 1. The molecule has 0 spiro atoms. The van der Waals surface area contributed by atoms with E-state index in [9.17, 15) is 5.11 Å². The Hall–Kier alpha value is -2.63. The van der Waals surface area contributed by atoms with E-state index in [0.717, 1.165) is 5.56 Å². The molecule has 0 aliphatic heterocycles. The van der Waals surface area contributed by atoms with E-state index in [1.165, 1.54) is 12.4 Å². The maximum Gasteiger partial charge on any atom is 0.262 e. The molecule has 0 amide bonds. The average Bonchev–Trinajstić information content (AvgIpc) is 2.98. The van der Waals surface area contributed by atoms with Crippen LogP contribution in [0.2, 0.25) is 0 Å². The molecule has 0 saturated carbocycles. The van der Waals surface area contributed by atoms with Crippen molar-refractivity contribution < 1.29 is 14.0 Å². The van der Waals surface area contributed by atoms with Gasteiger partial charge >= 0.3 is 0 Å². The highest BCUT2D eigenvalue weighted by molar-refractivity contribution is 5.63. The minimum atomic E-state index is -0.0103. The summed E-state index contributed by atoms with van der Waals surface area (Å²) in [6, 6.07) is 3.41. The average molecular weight is 243 g/mol. The van der Waals surface area contributed by atoms with Crippen molar-refractivity contribution in [1.29, 1.82) is 0 Å². The number of hydrogen-bond donors (Lipinski definition) is 1. The zero-order chi connectivity index (χ0) is 12.5. The van der Waals surface area contributed by atoms with Gasteiger partial charge in [-0.2, -0.15) is 4.98 Å². The summed E-state index contributed by atoms with van der Waals surface area (Å²) in [6.45, 7) is 1.89. The third kappa shape index (κ3) is 1.64. The zero-order valence-electron chi connectivity index (χ0n) is 9.49. The van der Waals surface area contributed by atoms with Crippen molar-refractivity contribution in [2.75, 3.05) is 0 Å². The molecule has 3 aromatic heterocycles.